The third kappa shape index (κ3) is 2.96. The van der Waals surface area contributed by atoms with E-state index in [1.807, 2.05) is 24.3 Å². The van der Waals surface area contributed by atoms with Gasteiger partial charge in [0.05, 0.1) is 36.1 Å². The van der Waals surface area contributed by atoms with Crippen molar-refractivity contribution in [3.8, 4) is 17.2 Å². The minimum Gasteiger partial charge on any atom is -0.308 e. The third-order valence-electron chi connectivity index (χ3n) is 5.18. The minimum atomic E-state index is 0. The monoisotopic (exact) mass is 430 g/mol. The summed E-state index contributed by atoms with van der Waals surface area (Å²) in [5.41, 5.74) is 6.43. The van der Waals surface area contributed by atoms with Gasteiger partial charge in [-0.05, 0) is 34.9 Å². The predicted molar refractivity (Wildman–Crippen MR) is 119 cm³/mol. The van der Waals surface area contributed by atoms with Gasteiger partial charge in [-0.15, -0.1) is 17.0 Å². The molecular formula is C23H19BrN4. The highest BCUT2D eigenvalue weighted by atomic mass is 79.9. The van der Waals surface area contributed by atoms with E-state index in [9.17, 15) is 5.26 Å². The first kappa shape index (κ1) is 18.3. The molecule has 138 valence electrons. The molecule has 5 rings (SSSR count). The Morgan fingerprint density at radius 3 is 2.39 bits per heavy atom. The van der Waals surface area contributed by atoms with E-state index < -0.39 is 0 Å². The fourth-order valence-corrected chi connectivity index (χ4v) is 3.88. The summed E-state index contributed by atoms with van der Waals surface area (Å²) in [5.74, 6) is 1.05. The SMILES string of the molecule is Br.N#Cc1ccccc1-c1ccc(CN2C3=NCCN3c3ccccc32)cc1. The highest BCUT2D eigenvalue weighted by molar-refractivity contribution is 8.93. The summed E-state index contributed by atoms with van der Waals surface area (Å²) in [5, 5.41) is 9.33. The Morgan fingerprint density at radius 2 is 1.61 bits per heavy atom. The van der Waals surface area contributed by atoms with Crippen LogP contribution in [0.5, 0.6) is 0 Å². The molecule has 0 saturated carbocycles. The average Bonchev–Trinajstić information content (AvgIpc) is 3.31. The Morgan fingerprint density at radius 1 is 0.893 bits per heavy atom. The Kier molecular flexibility index (Phi) is 4.89. The summed E-state index contributed by atoms with van der Waals surface area (Å²) in [4.78, 5) is 9.30. The van der Waals surface area contributed by atoms with Gasteiger partial charge in [0, 0.05) is 6.54 Å². The maximum atomic E-state index is 9.33. The molecule has 0 aliphatic carbocycles. The van der Waals surface area contributed by atoms with Crippen LogP contribution in [0.4, 0.5) is 11.4 Å². The molecule has 4 nitrogen and oxygen atoms in total. The zero-order valence-corrected chi connectivity index (χ0v) is 17.0. The number of guanidine groups is 1. The first-order valence-corrected chi connectivity index (χ1v) is 9.12. The number of nitriles is 1. The molecule has 0 spiro atoms. The van der Waals surface area contributed by atoms with Crippen molar-refractivity contribution in [3.63, 3.8) is 0 Å². The van der Waals surface area contributed by atoms with Crippen molar-refractivity contribution < 1.29 is 0 Å². The maximum absolute atomic E-state index is 9.33. The number of benzene rings is 3. The maximum Gasteiger partial charge on any atom is 0.206 e. The second-order valence-corrected chi connectivity index (χ2v) is 6.76. The van der Waals surface area contributed by atoms with Gasteiger partial charge in [0.2, 0.25) is 5.96 Å². The highest BCUT2D eigenvalue weighted by Gasteiger charge is 2.34. The van der Waals surface area contributed by atoms with Crippen LogP contribution in [-0.4, -0.2) is 19.0 Å². The molecule has 0 N–H and O–H groups in total. The van der Waals surface area contributed by atoms with Gasteiger partial charge in [0.25, 0.3) is 0 Å². The Bertz CT molecular complexity index is 1080. The summed E-state index contributed by atoms with van der Waals surface area (Å²) in [6.07, 6.45) is 0. The van der Waals surface area contributed by atoms with Crippen LogP contribution in [0.2, 0.25) is 0 Å². The van der Waals surface area contributed by atoms with Crippen molar-refractivity contribution in [2.75, 3.05) is 22.9 Å². The second kappa shape index (κ2) is 7.49. The molecule has 3 aromatic rings. The van der Waals surface area contributed by atoms with Gasteiger partial charge in [-0.3, -0.25) is 4.99 Å². The van der Waals surface area contributed by atoms with Crippen LogP contribution in [0.25, 0.3) is 11.1 Å². The van der Waals surface area contributed by atoms with Crippen molar-refractivity contribution in [2.45, 2.75) is 6.54 Å². The average molecular weight is 431 g/mol. The summed E-state index contributed by atoms with van der Waals surface area (Å²) in [6.45, 7) is 2.59. The Labute approximate surface area is 175 Å². The van der Waals surface area contributed by atoms with E-state index in [0.717, 1.165) is 36.7 Å². The quantitative estimate of drug-likeness (QED) is 0.586. The number of halogens is 1. The minimum absolute atomic E-state index is 0. The summed E-state index contributed by atoms with van der Waals surface area (Å²) < 4.78 is 0. The molecule has 2 aliphatic rings. The van der Waals surface area contributed by atoms with Crippen LogP contribution in [0.15, 0.2) is 77.8 Å². The van der Waals surface area contributed by atoms with Crippen LogP contribution in [-0.2, 0) is 6.54 Å². The topological polar surface area (TPSA) is 42.6 Å². The molecule has 0 fully saturated rings. The van der Waals surface area contributed by atoms with Crippen molar-refractivity contribution in [3.05, 3.63) is 83.9 Å². The molecule has 2 aliphatic heterocycles. The van der Waals surface area contributed by atoms with E-state index in [1.54, 1.807) is 0 Å². The molecule has 5 heteroatoms. The number of fused-ring (bicyclic) bond motifs is 3. The number of nitrogens with zero attached hydrogens (tertiary/aromatic N) is 4. The van der Waals surface area contributed by atoms with Crippen LogP contribution < -0.4 is 9.80 Å². The molecular weight excluding hydrogens is 412 g/mol. The van der Waals surface area contributed by atoms with Gasteiger partial charge in [-0.2, -0.15) is 5.26 Å². The van der Waals surface area contributed by atoms with Crippen LogP contribution in [0.3, 0.4) is 0 Å². The lowest BCUT2D eigenvalue weighted by Gasteiger charge is -2.19. The van der Waals surface area contributed by atoms with Gasteiger partial charge in [-0.1, -0.05) is 54.6 Å². The number of hydrogen-bond donors (Lipinski definition) is 0. The standard InChI is InChI=1S/C23H18N4.BrH/c24-15-19-5-1-2-6-20(19)18-11-9-17(10-12-18)16-27-22-8-4-3-7-21(22)26-14-13-25-23(26)27;/h1-12H,13-14,16H2;1H. The highest BCUT2D eigenvalue weighted by Crippen LogP contribution is 2.39. The van der Waals surface area contributed by atoms with Crippen LogP contribution >= 0.6 is 17.0 Å². The van der Waals surface area contributed by atoms with E-state index in [2.05, 4.69) is 64.4 Å². The van der Waals surface area contributed by atoms with Crippen LogP contribution in [0.1, 0.15) is 11.1 Å². The molecule has 0 aromatic heterocycles. The van der Waals surface area contributed by atoms with Crippen molar-refractivity contribution >= 4 is 34.3 Å². The van der Waals surface area contributed by atoms with Gasteiger partial charge in [-0.25, -0.2) is 0 Å². The number of para-hydroxylation sites is 2. The molecule has 28 heavy (non-hydrogen) atoms. The zero-order valence-electron chi connectivity index (χ0n) is 15.2. The normalized spacial score (nSPS) is 14.0. The van der Waals surface area contributed by atoms with Gasteiger partial charge in [0.15, 0.2) is 0 Å². The molecule has 0 radical (unpaired) electrons. The fourth-order valence-electron chi connectivity index (χ4n) is 3.88. The van der Waals surface area contributed by atoms with E-state index in [0.29, 0.717) is 5.56 Å². The number of rotatable bonds is 3. The first-order chi connectivity index (χ1) is 13.3. The van der Waals surface area contributed by atoms with Crippen molar-refractivity contribution in [2.24, 2.45) is 4.99 Å². The van der Waals surface area contributed by atoms with E-state index in [4.69, 9.17) is 4.99 Å². The van der Waals surface area contributed by atoms with Gasteiger partial charge < -0.3 is 9.80 Å². The summed E-state index contributed by atoms with van der Waals surface area (Å²) >= 11 is 0. The molecule has 3 aromatic carbocycles. The number of aliphatic imine (C=N–C) groups is 1. The molecule has 0 bridgehead atoms. The number of hydrogen-bond acceptors (Lipinski definition) is 4. The Hall–Kier alpha value is -3.10. The van der Waals surface area contributed by atoms with Crippen molar-refractivity contribution in [1.82, 2.24) is 0 Å². The van der Waals surface area contributed by atoms with Gasteiger partial charge in [0.1, 0.15) is 0 Å². The lowest BCUT2D eigenvalue weighted by molar-refractivity contribution is 1.01. The first-order valence-electron chi connectivity index (χ1n) is 9.12. The molecule has 0 amide bonds. The summed E-state index contributed by atoms with van der Waals surface area (Å²) in [6, 6.07) is 27.0. The third-order valence-corrected chi connectivity index (χ3v) is 5.18. The lowest BCUT2D eigenvalue weighted by Crippen LogP contribution is -2.34. The van der Waals surface area contributed by atoms with Crippen molar-refractivity contribution in [1.29, 1.82) is 5.26 Å². The Balaban J connectivity index is 0.00000192. The number of anilines is 2. The lowest BCUT2D eigenvalue weighted by atomic mass is 9.99. The fraction of sp³-hybridized carbons (Fsp3) is 0.130. The molecule has 0 atom stereocenters. The molecule has 0 saturated heterocycles. The second-order valence-electron chi connectivity index (χ2n) is 6.76. The molecule has 0 unspecified atom stereocenters. The zero-order chi connectivity index (χ0) is 18.2. The van der Waals surface area contributed by atoms with E-state index >= 15 is 0 Å². The smallest absolute Gasteiger partial charge is 0.206 e. The molecule has 2 heterocycles. The van der Waals surface area contributed by atoms with Crippen LogP contribution in [0, 0.1) is 11.3 Å². The van der Waals surface area contributed by atoms with Gasteiger partial charge >= 0.3 is 0 Å². The summed E-state index contributed by atoms with van der Waals surface area (Å²) in [7, 11) is 0. The van der Waals surface area contributed by atoms with E-state index in [-0.39, 0.29) is 17.0 Å². The van der Waals surface area contributed by atoms with E-state index in [1.165, 1.54) is 16.9 Å². The largest absolute Gasteiger partial charge is 0.308 e. The predicted octanol–water partition coefficient (Wildman–Crippen LogP) is 5.00.